The molecule has 1 N–H and O–H groups in total. The summed E-state index contributed by atoms with van der Waals surface area (Å²) >= 11 is 4.49. The van der Waals surface area contributed by atoms with Crippen molar-refractivity contribution in [2.24, 2.45) is 0 Å². The van der Waals surface area contributed by atoms with Gasteiger partial charge in [-0.2, -0.15) is 0 Å². The zero-order chi connectivity index (χ0) is 11.7. The lowest BCUT2D eigenvalue weighted by Gasteiger charge is -2.09. The van der Waals surface area contributed by atoms with Gasteiger partial charge in [-0.1, -0.05) is 17.7 Å². The van der Waals surface area contributed by atoms with E-state index in [9.17, 15) is 9.50 Å². The monoisotopic (exact) mass is 301 g/mol. The molecule has 0 spiro atoms. The quantitative estimate of drug-likeness (QED) is 0.922. The van der Waals surface area contributed by atoms with Gasteiger partial charge in [-0.25, -0.2) is 9.37 Å². The second-order valence-corrected chi connectivity index (χ2v) is 5.14. The van der Waals surface area contributed by atoms with Crippen LogP contribution in [0.25, 0.3) is 0 Å². The Balaban J connectivity index is 2.40. The Morgan fingerprint density at radius 1 is 1.50 bits per heavy atom. The van der Waals surface area contributed by atoms with Gasteiger partial charge in [0.15, 0.2) is 0 Å². The van der Waals surface area contributed by atoms with Crippen molar-refractivity contribution in [2.75, 3.05) is 0 Å². The molecule has 1 heterocycles. The van der Waals surface area contributed by atoms with Gasteiger partial charge in [0.2, 0.25) is 0 Å². The van der Waals surface area contributed by atoms with Crippen molar-refractivity contribution in [1.82, 2.24) is 4.98 Å². The lowest BCUT2D eigenvalue weighted by atomic mass is 10.1. The van der Waals surface area contributed by atoms with Gasteiger partial charge in [-0.3, -0.25) is 0 Å². The lowest BCUT2D eigenvalue weighted by Crippen LogP contribution is -2.02. The van der Waals surface area contributed by atoms with Gasteiger partial charge < -0.3 is 5.11 Å². The van der Waals surface area contributed by atoms with Crippen LogP contribution < -0.4 is 0 Å². The van der Waals surface area contributed by atoms with Crippen molar-refractivity contribution >= 4 is 27.3 Å². The molecule has 2 nitrogen and oxygen atoms in total. The number of aromatic nitrogens is 1. The van der Waals surface area contributed by atoms with Crippen molar-refractivity contribution in [2.45, 2.75) is 13.0 Å². The molecule has 16 heavy (non-hydrogen) atoms. The normalized spacial score (nSPS) is 12.8. The third kappa shape index (κ3) is 2.31. The molecular weight excluding hydrogens is 293 g/mol. The van der Waals surface area contributed by atoms with E-state index in [0.717, 1.165) is 5.56 Å². The summed E-state index contributed by atoms with van der Waals surface area (Å²) in [6.07, 6.45) is -1.00. The second-order valence-electron chi connectivity index (χ2n) is 3.44. The molecule has 0 bridgehead atoms. The van der Waals surface area contributed by atoms with Gasteiger partial charge in [-0.15, -0.1) is 11.3 Å². The highest BCUT2D eigenvalue weighted by molar-refractivity contribution is 9.10. The Bertz CT molecular complexity index is 514. The summed E-state index contributed by atoms with van der Waals surface area (Å²) in [5.74, 6) is -0.413. The number of nitrogens with zero attached hydrogens (tertiary/aromatic N) is 1. The maximum absolute atomic E-state index is 13.5. The minimum atomic E-state index is -1.00. The summed E-state index contributed by atoms with van der Waals surface area (Å²) in [4.78, 5) is 4.08. The van der Waals surface area contributed by atoms with Crippen molar-refractivity contribution in [3.8, 4) is 0 Å². The number of hydrogen-bond donors (Lipinski definition) is 1. The van der Waals surface area contributed by atoms with E-state index in [-0.39, 0.29) is 5.56 Å². The summed E-state index contributed by atoms with van der Waals surface area (Å²) in [5.41, 5.74) is 1.17. The zero-order valence-electron chi connectivity index (χ0n) is 8.45. The van der Waals surface area contributed by atoms with E-state index < -0.39 is 11.9 Å². The highest BCUT2D eigenvalue weighted by Crippen LogP contribution is 2.28. The number of halogens is 2. The molecule has 0 amide bonds. The minimum Gasteiger partial charge on any atom is -0.381 e. The SMILES string of the molecule is Cc1ccc(F)c(C(O)c2nc(Br)cs2)c1. The topological polar surface area (TPSA) is 33.1 Å². The van der Waals surface area contributed by atoms with Crippen molar-refractivity contribution in [3.05, 3.63) is 50.1 Å². The smallest absolute Gasteiger partial charge is 0.133 e. The van der Waals surface area contributed by atoms with Crippen LogP contribution in [0.3, 0.4) is 0 Å². The number of aliphatic hydroxyl groups is 1. The van der Waals surface area contributed by atoms with Gasteiger partial charge in [0.05, 0.1) is 0 Å². The fraction of sp³-hybridized carbons (Fsp3) is 0.182. The first-order valence-corrected chi connectivity index (χ1v) is 6.30. The number of aliphatic hydroxyl groups excluding tert-OH is 1. The molecule has 2 aromatic rings. The van der Waals surface area contributed by atoms with Crippen LogP contribution in [-0.4, -0.2) is 10.1 Å². The van der Waals surface area contributed by atoms with E-state index in [0.29, 0.717) is 9.61 Å². The fourth-order valence-electron chi connectivity index (χ4n) is 1.40. The maximum atomic E-state index is 13.5. The van der Waals surface area contributed by atoms with Crippen molar-refractivity contribution in [1.29, 1.82) is 0 Å². The Labute approximate surface area is 105 Å². The Morgan fingerprint density at radius 3 is 2.88 bits per heavy atom. The zero-order valence-corrected chi connectivity index (χ0v) is 10.8. The van der Waals surface area contributed by atoms with E-state index in [1.165, 1.54) is 17.4 Å². The number of benzene rings is 1. The maximum Gasteiger partial charge on any atom is 0.133 e. The summed E-state index contributed by atoms with van der Waals surface area (Å²) < 4.78 is 14.2. The molecule has 0 radical (unpaired) electrons. The van der Waals surface area contributed by atoms with E-state index >= 15 is 0 Å². The molecule has 0 aliphatic carbocycles. The van der Waals surface area contributed by atoms with Gasteiger partial charge in [0.1, 0.15) is 21.5 Å². The Morgan fingerprint density at radius 2 is 2.25 bits per heavy atom. The van der Waals surface area contributed by atoms with E-state index in [2.05, 4.69) is 20.9 Å². The third-order valence-corrected chi connectivity index (χ3v) is 3.78. The van der Waals surface area contributed by atoms with Crippen LogP contribution in [0.5, 0.6) is 0 Å². The van der Waals surface area contributed by atoms with Crippen LogP contribution in [0.2, 0.25) is 0 Å². The Hall–Kier alpha value is -0.780. The van der Waals surface area contributed by atoms with Crippen LogP contribution in [0.1, 0.15) is 22.2 Å². The number of aryl methyl sites for hydroxylation is 1. The number of hydrogen-bond acceptors (Lipinski definition) is 3. The molecule has 0 saturated carbocycles. The minimum absolute atomic E-state index is 0.266. The van der Waals surface area contributed by atoms with Gasteiger partial charge in [0.25, 0.3) is 0 Å². The van der Waals surface area contributed by atoms with E-state index in [1.807, 2.05) is 6.92 Å². The van der Waals surface area contributed by atoms with Crippen molar-refractivity contribution in [3.63, 3.8) is 0 Å². The average Bonchev–Trinajstić information content (AvgIpc) is 2.67. The molecule has 0 saturated heterocycles. The average molecular weight is 302 g/mol. The first-order valence-electron chi connectivity index (χ1n) is 4.63. The summed E-state index contributed by atoms with van der Waals surface area (Å²) in [5, 5.41) is 12.2. The molecule has 0 fully saturated rings. The van der Waals surface area contributed by atoms with Crippen LogP contribution in [-0.2, 0) is 0 Å². The first kappa shape index (κ1) is 11.7. The van der Waals surface area contributed by atoms with Crippen LogP contribution >= 0.6 is 27.3 Å². The fourth-order valence-corrected chi connectivity index (χ4v) is 2.66. The predicted octanol–water partition coefficient (Wildman–Crippen LogP) is 3.43. The highest BCUT2D eigenvalue weighted by Gasteiger charge is 2.18. The molecular formula is C11H9BrFNOS. The van der Waals surface area contributed by atoms with Crippen LogP contribution in [0.15, 0.2) is 28.2 Å². The molecule has 1 atom stereocenters. The van der Waals surface area contributed by atoms with Crippen molar-refractivity contribution < 1.29 is 9.50 Å². The molecule has 2 rings (SSSR count). The van der Waals surface area contributed by atoms with Gasteiger partial charge in [-0.05, 0) is 28.9 Å². The largest absolute Gasteiger partial charge is 0.381 e. The predicted molar refractivity (Wildman–Crippen MR) is 65.0 cm³/mol. The van der Waals surface area contributed by atoms with Crippen LogP contribution in [0.4, 0.5) is 4.39 Å². The molecule has 1 aromatic heterocycles. The summed E-state index contributed by atoms with van der Waals surface area (Å²) in [6.45, 7) is 1.85. The third-order valence-electron chi connectivity index (χ3n) is 2.17. The molecule has 1 aromatic carbocycles. The van der Waals surface area contributed by atoms with E-state index in [4.69, 9.17) is 0 Å². The number of thiazole rings is 1. The molecule has 0 aliphatic heterocycles. The molecule has 5 heteroatoms. The summed E-state index contributed by atoms with van der Waals surface area (Å²) in [6, 6.07) is 4.66. The molecule has 84 valence electrons. The lowest BCUT2D eigenvalue weighted by molar-refractivity contribution is 0.214. The van der Waals surface area contributed by atoms with Gasteiger partial charge in [0, 0.05) is 10.9 Å². The first-order chi connectivity index (χ1) is 7.58. The summed E-state index contributed by atoms with van der Waals surface area (Å²) in [7, 11) is 0. The molecule has 0 aliphatic rings. The van der Waals surface area contributed by atoms with Gasteiger partial charge >= 0.3 is 0 Å². The highest BCUT2D eigenvalue weighted by atomic mass is 79.9. The van der Waals surface area contributed by atoms with Crippen LogP contribution in [0, 0.1) is 12.7 Å². The second kappa shape index (κ2) is 4.61. The number of rotatable bonds is 2. The standard InChI is InChI=1S/C11H9BrFNOS/c1-6-2-3-8(13)7(4-6)10(15)11-14-9(12)5-16-11/h2-5,10,15H,1H3. The van der Waals surface area contributed by atoms with E-state index in [1.54, 1.807) is 17.5 Å². The Kier molecular flexibility index (Phi) is 3.37. The molecule has 1 unspecified atom stereocenters.